The molecule has 144 valence electrons. The minimum atomic E-state index is -0.244. The van der Waals surface area contributed by atoms with Crippen LogP contribution in [0.25, 0.3) is 11.4 Å². The van der Waals surface area contributed by atoms with Crippen LogP contribution in [0, 0.1) is 0 Å². The van der Waals surface area contributed by atoms with E-state index in [1.54, 1.807) is 6.07 Å². The van der Waals surface area contributed by atoms with Crippen LogP contribution in [0.5, 0.6) is 0 Å². The molecule has 0 aliphatic heterocycles. The lowest BCUT2D eigenvalue weighted by Crippen LogP contribution is -2.20. The van der Waals surface area contributed by atoms with Gasteiger partial charge in [0.2, 0.25) is 0 Å². The molecule has 1 amide bonds. The summed E-state index contributed by atoms with van der Waals surface area (Å²) in [4.78, 5) is 12.1. The van der Waals surface area contributed by atoms with E-state index < -0.39 is 0 Å². The second-order valence-electron chi connectivity index (χ2n) is 5.66. The van der Waals surface area contributed by atoms with Crippen molar-refractivity contribution in [1.82, 2.24) is 20.2 Å². The number of amides is 1. The van der Waals surface area contributed by atoms with Gasteiger partial charge in [0.1, 0.15) is 0 Å². The van der Waals surface area contributed by atoms with Crippen LogP contribution < -0.4 is 5.43 Å². The predicted molar refractivity (Wildman–Crippen MR) is 114 cm³/mol. The number of benzene rings is 2. The molecule has 1 heterocycles. The van der Waals surface area contributed by atoms with Crippen LogP contribution in [0.4, 0.5) is 0 Å². The first-order chi connectivity index (χ1) is 13.6. The van der Waals surface area contributed by atoms with Gasteiger partial charge in [-0.2, -0.15) is 5.10 Å². The Balaban J connectivity index is 1.60. The van der Waals surface area contributed by atoms with Gasteiger partial charge in [-0.25, -0.2) is 5.43 Å². The molecule has 28 heavy (non-hydrogen) atoms. The van der Waals surface area contributed by atoms with Gasteiger partial charge in [-0.05, 0) is 37.3 Å². The Morgan fingerprint density at radius 2 is 1.93 bits per heavy atom. The Labute approximate surface area is 177 Å². The molecule has 1 N–H and O–H groups in total. The summed E-state index contributed by atoms with van der Waals surface area (Å²) in [5.41, 5.74) is 4.14. The number of hydrogen-bond donors (Lipinski definition) is 1. The van der Waals surface area contributed by atoms with Gasteiger partial charge in [0, 0.05) is 27.7 Å². The van der Waals surface area contributed by atoms with E-state index in [2.05, 4.69) is 20.7 Å². The number of nitrogens with zero attached hydrogens (tertiary/aromatic N) is 4. The zero-order valence-corrected chi connectivity index (χ0v) is 17.3. The molecule has 0 unspecified atom stereocenters. The highest BCUT2D eigenvalue weighted by Crippen LogP contribution is 2.25. The Kier molecular flexibility index (Phi) is 7.08. The van der Waals surface area contributed by atoms with Gasteiger partial charge in [-0.1, -0.05) is 53.2 Å². The average molecular weight is 434 g/mol. The molecule has 0 radical (unpaired) electrons. The molecule has 0 saturated carbocycles. The van der Waals surface area contributed by atoms with Crippen LogP contribution >= 0.6 is 35.0 Å². The summed E-state index contributed by atoms with van der Waals surface area (Å²) in [6, 6.07) is 14.7. The van der Waals surface area contributed by atoms with Crippen molar-refractivity contribution in [3.8, 4) is 11.4 Å². The first-order valence-electron chi connectivity index (χ1n) is 8.47. The summed E-state index contributed by atoms with van der Waals surface area (Å²) in [5.74, 6) is 0.657. The third-order valence-electron chi connectivity index (χ3n) is 3.77. The summed E-state index contributed by atoms with van der Waals surface area (Å²) in [7, 11) is 0. The van der Waals surface area contributed by atoms with Gasteiger partial charge in [-0.3, -0.25) is 4.79 Å². The van der Waals surface area contributed by atoms with E-state index in [4.69, 9.17) is 23.2 Å². The van der Waals surface area contributed by atoms with Crippen LogP contribution in [0.3, 0.4) is 0 Å². The lowest BCUT2D eigenvalue weighted by atomic mass is 10.2. The van der Waals surface area contributed by atoms with Gasteiger partial charge >= 0.3 is 0 Å². The maximum absolute atomic E-state index is 12.1. The van der Waals surface area contributed by atoms with Crippen molar-refractivity contribution in [2.75, 3.05) is 5.75 Å². The number of thioether (sulfide) groups is 1. The fourth-order valence-electron chi connectivity index (χ4n) is 2.41. The van der Waals surface area contributed by atoms with Crippen molar-refractivity contribution >= 4 is 47.1 Å². The number of carbonyl (C=O) groups excluding carboxylic acids is 1. The zero-order valence-electron chi connectivity index (χ0n) is 15.0. The van der Waals surface area contributed by atoms with Crippen LogP contribution in [-0.4, -0.2) is 32.6 Å². The van der Waals surface area contributed by atoms with Gasteiger partial charge in [0.05, 0.1) is 12.0 Å². The minimum absolute atomic E-state index is 0.165. The number of hydrogen-bond acceptors (Lipinski definition) is 5. The number of carbonyl (C=O) groups is 1. The molecule has 0 aliphatic rings. The monoisotopic (exact) mass is 433 g/mol. The Morgan fingerprint density at radius 3 is 2.64 bits per heavy atom. The molecule has 3 rings (SSSR count). The molecule has 0 aliphatic carbocycles. The van der Waals surface area contributed by atoms with Crippen LogP contribution in [0.15, 0.2) is 58.8 Å². The van der Waals surface area contributed by atoms with Crippen molar-refractivity contribution < 1.29 is 4.79 Å². The molecule has 6 nitrogen and oxygen atoms in total. The van der Waals surface area contributed by atoms with Crippen LogP contribution in [0.2, 0.25) is 10.0 Å². The smallest absolute Gasteiger partial charge is 0.250 e. The summed E-state index contributed by atoms with van der Waals surface area (Å²) in [6.45, 7) is 2.68. The van der Waals surface area contributed by atoms with Crippen LogP contribution in [-0.2, 0) is 11.3 Å². The third-order valence-corrected chi connectivity index (χ3v) is 5.33. The van der Waals surface area contributed by atoms with E-state index in [9.17, 15) is 4.79 Å². The van der Waals surface area contributed by atoms with Crippen LogP contribution in [0.1, 0.15) is 12.5 Å². The maximum Gasteiger partial charge on any atom is 0.250 e. The van der Waals surface area contributed by atoms with E-state index in [1.807, 2.05) is 54.0 Å². The highest BCUT2D eigenvalue weighted by atomic mass is 35.5. The van der Waals surface area contributed by atoms with Gasteiger partial charge in [0.15, 0.2) is 11.0 Å². The summed E-state index contributed by atoms with van der Waals surface area (Å²) >= 11 is 13.3. The number of hydrazone groups is 1. The van der Waals surface area contributed by atoms with Crippen molar-refractivity contribution in [2.24, 2.45) is 5.10 Å². The maximum atomic E-state index is 12.1. The molecule has 0 atom stereocenters. The highest BCUT2D eigenvalue weighted by molar-refractivity contribution is 7.99. The molecule has 0 bridgehead atoms. The fraction of sp³-hybridized carbons (Fsp3) is 0.158. The number of aromatic nitrogens is 3. The Morgan fingerprint density at radius 1 is 1.18 bits per heavy atom. The molecule has 9 heteroatoms. The average Bonchev–Trinajstić information content (AvgIpc) is 3.11. The number of halogens is 2. The van der Waals surface area contributed by atoms with E-state index in [-0.39, 0.29) is 11.7 Å². The van der Waals surface area contributed by atoms with Crippen molar-refractivity contribution in [3.05, 3.63) is 64.1 Å². The minimum Gasteiger partial charge on any atom is -0.302 e. The van der Waals surface area contributed by atoms with E-state index in [1.165, 1.54) is 18.0 Å². The fourth-order valence-corrected chi connectivity index (χ4v) is 3.51. The van der Waals surface area contributed by atoms with E-state index >= 15 is 0 Å². The second-order valence-corrected chi connectivity index (χ2v) is 7.45. The van der Waals surface area contributed by atoms with Crippen molar-refractivity contribution in [2.45, 2.75) is 18.6 Å². The molecule has 3 aromatic rings. The topological polar surface area (TPSA) is 72.2 Å². The standard InChI is InChI=1S/C19H17Cl2N5OS/c1-2-26-18(13-7-9-15(20)10-8-13)24-25-19(26)28-12-17(27)23-22-11-14-5-3-4-6-16(14)21/h3-11H,2,12H2,1H3,(H,23,27). The zero-order chi connectivity index (χ0) is 19.9. The first kappa shape index (κ1) is 20.4. The molecule has 0 fully saturated rings. The normalized spacial score (nSPS) is 11.1. The van der Waals surface area contributed by atoms with Gasteiger partial charge < -0.3 is 4.57 Å². The number of rotatable bonds is 7. The SMILES string of the molecule is CCn1c(SCC(=O)NN=Cc2ccccc2Cl)nnc1-c1ccc(Cl)cc1. The molecule has 2 aromatic carbocycles. The third kappa shape index (κ3) is 5.13. The first-order valence-corrected chi connectivity index (χ1v) is 10.2. The van der Waals surface area contributed by atoms with E-state index in [0.29, 0.717) is 21.7 Å². The van der Waals surface area contributed by atoms with Gasteiger partial charge in [-0.15, -0.1) is 10.2 Å². The van der Waals surface area contributed by atoms with Crippen molar-refractivity contribution in [3.63, 3.8) is 0 Å². The van der Waals surface area contributed by atoms with Gasteiger partial charge in [0.25, 0.3) is 5.91 Å². The largest absolute Gasteiger partial charge is 0.302 e. The molecular weight excluding hydrogens is 417 g/mol. The molecular formula is C19H17Cl2N5OS. The molecule has 0 spiro atoms. The quantitative estimate of drug-likeness (QED) is 0.337. The Hall–Kier alpha value is -2.35. The molecule has 1 aromatic heterocycles. The summed E-state index contributed by atoms with van der Waals surface area (Å²) < 4.78 is 1.95. The second kappa shape index (κ2) is 9.73. The molecule has 0 saturated heterocycles. The lowest BCUT2D eigenvalue weighted by Gasteiger charge is -2.07. The Bertz CT molecular complexity index is 988. The van der Waals surface area contributed by atoms with Crippen molar-refractivity contribution in [1.29, 1.82) is 0 Å². The predicted octanol–water partition coefficient (Wildman–Crippen LogP) is 4.51. The summed E-state index contributed by atoms with van der Waals surface area (Å²) in [5, 5.41) is 14.3. The number of nitrogens with one attached hydrogen (secondary N) is 1. The van der Waals surface area contributed by atoms with E-state index in [0.717, 1.165) is 17.0 Å². The highest BCUT2D eigenvalue weighted by Gasteiger charge is 2.14. The lowest BCUT2D eigenvalue weighted by molar-refractivity contribution is -0.118. The summed E-state index contributed by atoms with van der Waals surface area (Å²) in [6.07, 6.45) is 1.51.